The van der Waals surface area contributed by atoms with Crippen molar-refractivity contribution < 1.29 is 9.59 Å². The lowest BCUT2D eigenvalue weighted by Gasteiger charge is -2.35. The normalized spacial score (nSPS) is 17.3. The van der Waals surface area contributed by atoms with Gasteiger partial charge in [0.05, 0.1) is 0 Å². The number of hydrazine groups is 1. The average molecular weight is 225 g/mol. The summed E-state index contributed by atoms with van der Waals surface area (Å²) in [4.78, 5) is 24.6. The van der Waals surface area contributed by atoms with Crippen LogP contribution in [0.25, 0.3) is 0 Å². The van der Waals surface area contributed by atoms with Crippen molar-refractivity contribution in [2.75, 3.05) is 26.2 Å². The summed E-state index contributed by atoms with van der Waals surface area (Å²) in [6.07, 6.45) is 1.24. The summed E-state index contributed by atoms with van der Waals surface area (Å²) in [5.74, 6) is 0.00708. The van der Waals surface area contributed by atoms with Crippen LogP contribution < -0.4 is 5.43 Å². The summed E-state index contributed by atoms with van der Waals surface area (Å²) in [7, 11) is 0. The quantitative estimate of drug-likeness (QED) is 0.688. The highest BCUT2D eigenvalue weighted by atomic mass is 16.2. The highest BCUT2D eigenvalue weighted by Gasteiger charge is 2.22. The number of nitrogens with zero attached hydrogens (tertiary/aromatic N) is 2. The van der Waals surface area contributed by atoms with E-state index < -0.39 is 0 Å². The summed E-state index contributed by atoms with van der Waals surface area (Å²) >= 11 is 0. The number of amides is 2. The minimum Gasteiger partial charge on any atom is -0.340 e. The highest BCUT2D eigenvalue weighted by Crippen LogP contribution is 2.05. The zero-order valence-corrected chi connectivity index (χ0v) is 9.90. The van der Waals surface area contributed by atoms with Gasteiger partial charge < -0.3 is 4.90 Å². The van der Waals surface area contributed by atoms with E-state index in [2.05, 4.69) is 12.0 Å². The third-order valence-corrected chi connectivity index (χ3v) is 2.54. The van der Waals surface area contributed by atoms with Gasteiger partial charge in [-0.25, -0.2) is 5.01 Å². The van der Waals surface area contributed by atoms with E-state index in [0.717, 1.165) is 0 Å². The van der Waals surface area contributed by atoms with Crippen molar-refractivity contribution in [2.24, 2.45) is 5.92 Å². The van der Waals surface area contributed by atoms with Crippen LogP contribution in [0.15, 0.2) is 12.7 Å². The predicted molar refractivity (Wildman–Crippen MR) is 61.3 cm³/mol. The largest absolute Gasteiger partial charge is 0.340 e. The summed E-state index contributed by atoms with van der Waals surface area (Å²) < 4.78 is 0. The Morgan fingerprint density at radius 3 is 2.25 bits per heavy atom. The van der Waals surface area contributed by atoms with Crippen LogP contribution in [0.3, 0.4) is 0 Å². The summed E-state index contributed by atoms with van der Waals surface area (Å²) in [6.45, 7) is 9.84. The molecule has 1 saturated heterocycles. The standard InChI is InChI=1S/C11H19N3O2/c1-4-10(15)12-14-7-5-13(6-8-14)11(16)9(2)3/h4,9H,1,5-8H2,2-3H3,(H,12,15). The van der Waals surface area contributed by atoms with Crippen molar-refractivity contribution in [2.45, 2.75) is 13.8 Å². The molecule has 1 aliphatic heterocycles. The smallest absolute Gasteiger partial charge is 0.257 e. The molecule has 0 aromatic carbocycles. The maximum atomic E-state index is 11.7. The van der Waals surface area contributed by atoms with Crippen LogP contribution in [0.2, 0.25) is 0 Å². The number of carbonyl (C=O) groups excluding carboxylic acids is 2. The number of nitrogens with one attached hydrogen (secondary N) is 1. The van der Waals surface area contributed by atoms with E-state index in [1.165, 1.54) is 6.08 Å². The van der Waals surface area contributed by atoms with Gasteiger partial charge in [0.1, 0.15) is 0 Å². The summed E-state index contributed by atoms with van der Waals surface area (Å²) in [5.41, 5.74) is 2.70. The predicted octanol–water partition coefficient (Wildman–Crippen LogP) is 0.00380. The Hall–Kier alpha value is -1.36. The molecular formula is C11H19N3O2. The molecule has 0 bridgehead atoms. The van der Waals surface area contributed by atoms with Crippen LogP contribution in [0.1, 0.15) is 13.8 Å². The number of carbonyl (C=O) groups is 2. The maximum Gasteiger partial charge on any atom is 0.257 e. The Morgan fingerprint density at radius 1 is 1.25 bits per heavy atom. The van der Waals surface area contributed by atoms with Gasteiger partial charge in [-0.05, 0) is 6.08 Å². The molecule has 0 atom stereocenters. The fourth-order valence-electron chi connectivity index (χ4n) is 1.61. The molecular weight excluding hydrogens is 206 g/mol. The molecule has 1 N–H and O–H groups in total. The van der Waals surface area contributed by atoms with Crippen LogP contribution >= 0.6 is 0 Å². The van der Waals surface area contributed by atoms with Crippen molar-refractivity contribution in [3.8, 4) is 0 Å². The maximum absolute atomic E-state index is 11.7. The third kappa shape index (κ3) is 3.34. The van der Waals surface area contributed by atoms with Crippen molar-refractivity contribution in [1.82, 2.24) is 15.3 Å². The molecule has 1 heterocycles. The molecule has 0 aliphatic carbocycles. The van der Waals surface area contributed by atoms with Crippen LogP contribution in [-0.4, -0.2) is 47.9 Å². The SMILES string of the molecule is C=CC(=O)NN1CCN(C(=O)C(C)C)CC1. The monoisotopic (exact) mass is 225 g/mol. The molecule has 90 valence electrons. The lowest BCUT2D eigenvalue weighted by molar-refractivity contribution is -0.137. The fourth-order valence-corrected chi connectivity index (χ4v) is 1.61. The average Bonchev–Trinajstić information content (AvgIpc) is 2.28. The minimum atomic E-state index is -0.205. The van der Waals surface area contributed by atoms with Gasteiger partial charge in [-0.2, -0.15) is 0 Å². The first-order chi connectivity index (χ1) is 7.54. The van der Waals surface area contributed by atoms with Crippen molar-refractivity contribution in [3.63, 3.8) is 0 Å². The fraction of sp³-hybridized carbons (Fsp3) is 0.636. The van der Waals surface area contributed by atoms with Gasteiger partial charge in [-0.1, -0.05) is 20.4 Å². The third-order valence-electron chi connectivity index (χ3n) is 2.54. The van der Waals surface area contributed by atoms with Gasteiger partial charge in [0.25, 0.3) is 5.91 Å². The van der Waals surface area contributed by atoms with Crippen molar-refractivity contribution >= 4 is 11.8 Å². The summed E-state index contributed by atoms with van der Waals surface area (Å²) in [6, 6.07) is 0. The number of hydrogen-bond acceptors (Lipinski definition) is 3. The molecule has 0 spiro atoms. The van der Waals surface area contributed by atoms with Crippen LogP contribution in [0.4, 0.5) is 0 Å². The highest BCUT2D eigenvalue weighted by molar-refractivity contribution is 5.86. The molecule has 1 aliphatic rings. The van der Waals surface area contributed by atoms with E-state index in [0.29, 0.717) is 26.2 Å². The van der Waals surface area contributed by atoms with Gasteiger partial charge in [0.2, 0.25) is 5.91 Å². The van der Waals surface area contributed by atoms with Gasteiger partial charge in [0, 0.05) is 32.1 Å². The van der Waals surface area contributed by atoms with E-state index in [4.69, 9.17) is 0 Å². The van der Waals surface area contributed by atoms with Crippen LogP contribution in [0, 0.1) is 5.92 Å². The lowest BCUT2D eigenvalue weighted by atomic mass is 10.2. The van der Waals surface area contributed by atoms with E-state index in [-0.39, 0.29) is 17.7 Å². The molecule has 2 amide bonds. The molecule has 0 aromatic rings. The second-order valence-corrected chi connectivity index (χ2v) is 4.15. The van der Waals surface area contributed by atoms with E-state index in [9.17, 15) is 9.59 Å². The lowest BCUT2D eigenvalue weighted by Crippen LogP contribution is -2.55. The first kappa shape index (κ1) is 12.7. The van der Waals surface area contributed by atoms with Crippen LogP contribution in [0.5, 0.6) is 0 Å². The summed E-state index contributed by atoms with van der Waals surface area (Å²) in [5, 5.41) is 1.81. The van der Waals surface area contributed by atoms with E-state index in [1.807, 2.05) is 23.8 Å². The molecule has 5 nitrogen and oxygen atoms in total. The number of hydrogen-bond donors (Lipinski definition) is 1. The number of piperazine rings is 1. The van der Waals surface area contributed by atoms with Gasteiger partial charge in [-0.15, -0.1) is 0 Å². The Kier molecular flexibility index (Phi) is 4.49. The molecule has 0 radical (unpaired) electrons. The molecule has 1 fully saturated rings. The second-order valence-electron chi connectivity index (χ2n) is 4.15. The first-order valence-corrected chi connectivity index (χ1v) is 5.51. The number of rotatable bonds is 3. The van der Waals surface area contributed by atoms with E-state index in [1.54, 1.807) is 0 Å². The molecule has 0 saturated carbocycles. The van der Waals surface area contributed by atoms with Gasteiger partial charge in [0.15, 0.2) is 0 Å². The van der Waals surface area contributed by atoms with Crippen molar-refractivity contribution in [1.29, 1.82) is 0 Å². The second kappa shape index (κ2) is 5.65. The molecule has 0 aromatic heterocycles. The Balaban J connectivity index is 2.36. The minimum absolute atomic E-state index is 0.0364. The Bertz CT molecular complexity index is 281. The van der Waals surface area contributed by atoms with E-state index >= 15 is 0 Å². The van der Waals surface area contributed by atoms with Crippen molar-refractivity contribution in [3.05, 3.63) is 12.7 Å². The molecule has 16 heavy (non-hydrogen) atoms. The first-order valence-electron chi connectivity index (χ1n) is 5.51. The molecule has 5 heteroatoms. The molecule has 1 rings (SSSR count). The Labute approximate surface area is 96.1 Å². The Morgan fingerprint density at radius 2 is 1.81 bits per heavy atom. The topological polar surface area (TPSA) is 52.7 Å². The van der Waals surface area contributed by atoms with Gasteiger partial charge in [-0.3, -0.25) is 15.0 Å². The zero-order chi connectivity index (χ0) is 12.1. The zero-order valence-electron chi connectivity index (χ0n) is 9.90. The van der Waals surface area contributed by atoms with Gasteiger partial charge >= 0.3 is 0 Å². The molecule has 0 unspecified atom stereocenters. The van der Waals surface area contributed by atoms with Crippen LogP contribution in [-0.2, 0) is 9.59 Å².